The van der Waals surface area contributed by atoms with E-state index < -0.39 is 46.0 Å². The molecule has 134 valence electrons. The van der Waals surface area contributed by atoms with Crippen LogP contribution in [0.25, 0.3) is 0 Å². The molecule has 2 saturated heterocycles. The fraction of sp³-hybridized carbons (Fsp3) is 0.438. The number of carbonyl (C=O) groups excluding carboxylic acids is 2. The summed E-state index contributed by atoms with van der Waals surface area (Å²) in [7, 11) is 0. The van der Waals surface area contributed by atoms with Gasteiger partial charge in [0.2, 0.25) is 11.8 Å². The summed E-state index contributed by atoms with van der Waals surface area (Å²) >= 11 is 1.34. The number of aliphatic carboxylic acids is 1. The minimum Gasteiger partial charge on any atom is -0.872 e. The minimum atomic E-state index is -1.06. The van der Waals surface area contributed by atoms with Crippen molar-refractivity contribution in [1.82, 2.24) is 10.2 Å². The largest absolute Gasteiger partial charge is 1.00 e. The summed E-state index contributed by atoms with van der Waals surface area (Å²) in [5.41, 5.74) is 6.35. The van der Waals surface area contributed by atoms with E-state index >= 15 is 0 Å². The predicted molar refractivity (Wildman–Crippen MR) is 88.5 cm³/mol. The Hall–Kier alpha value is -0.624. The molecule has 2 fully saturated rings. The zero-order valence-electron chi connectivity index (χ0n) is 14.6. The number of benzene rings is 1. The molecule has 0 saturated carbocycles. The van der Waals surface area contributed by atoms with Gasteiger partial charge < -0.3 is 26.2 Å². The maximum Gasteiger partial charge on any atom is 1.00 e. The first-order valence-corrected chi connectivity index (χ1v) is 8.57. The van der Waals surface area contributed by atoms with E-state index in [-0.39, 0.29) is 57.1 Å². The first-order valence-electron chi connectivity index (χ1n) is 7.69. The maximum atomic E-state index is 12.3. The summed E-state index contributed by atoms with van der Waals surface area (Å²) in [5, 5.41) is 22.7. The number of hydrogen-bond acceptors (Lipinski definition) is 6. The van der Waals surface area contributed by atoms with Gasteiger partial charge in [0.05, 0.1) is 0 Å². The molecule has 1 aromatic rings. The van der Waals surface area contributed by atoms with E-state index in [9.17, 15) is 24.6 Å². The zero-order chi connectivity index (χ0) is 18.5. The molecule has 0 aromatic heterocycles. The number of hydrogen-bond donors (Lipinski definition) is 3. The van der Waals surface area contributed by atoms with Gasteiger partial charge in [-0.3, -0.25) is 9.59 Å². The number of carboxylic acid groups (broad SMARTS) is 1. The molecule has 3 rings (SSSR count). The van der Waals surface area contributed by atoms with Gasteiger partial charge in [0.15, 0.2) is 0 Å². The van der Waals surface area contributed by atoms with Crippen molar-refractivity contribution in [3.8, 4) is 5.75 Å². The molecule has 26 heavy (non-hydrogen) atoms. The number of carboxylic acids is 1. The number of amides is 2. The Kier molecular flexibility index (Phi) is 6.49. The summed E-state index contributed by atoms with van der Waals surface area (Å²) in [6.07, 6.45) is 0. The maximum absolute atomic E-state index is 12.3. The van der Waals surface area contributed by atoms with Gasteiger partial charge in [-0.1, -0.05) is 24.3 Å². The van der Waals surface area contributed by atoms with Gasteiger partial charge in [-0.25, -0.2) is 4.79 Å². The third kappa shape index (κ3) is 3.68. The van der Waals surface area contributed by atoms with Crippen molar-refractivity contribution in [3.63, 3.8) is 0 Å². The van der Waals surface area contributed by atoms with E-state index in [4.69, 9.17) is 5.73 Å². The molecular weight excluding hydrogens is 385 g/mol. The molecule has 2 amide bonds. The summed E-state index contributed by atoms with van der Waals surface area (Å²) in [4.78, 5) is 37.4. The van der Waals surface area contributed by atoms with Crippen LogP contribution in [0.3, 0.4) is 0 Å². The van der Waals surface area contributed by atoms with Gasteiger partial charge >= 0.3 is 57.4 Å². The van der Waals surface area contributed by atoms with Gasteiger partial charge in [0.25, 0.3) is 0 Å². The molecule has 8 nitrogen and oxygen atoms in total. The summed E-state index contributed by atoms with van der Waals surface area (Å²) in [6.45, 7) is 3.52. The van der Waals surface area contributed by atoms with Crippen LogP contribution in [-0.2, 0) is 14.4 Å². The minimum absolute atomic E-state index is 0. The molecule has 0 spiro atoms. The fourth-order valence-corrected chi connectivity index (χ4v) is 4.84. The number of nitrogens with zero attached hydrogens (tertiary/aromatic N) is 1. The zero-order valence-corrected chi connectivity index (χ0v) is 18.6. The van der Waals surface area contributed by atoms with Crippen molar-refractivity contribution in [2.45, 2.75) is 42.1 Å². The molecule has 0 aliphatic carbocycles. The topological polar surface area (TPSA) is 136 Å². The number of nitrogens with two attached hydrogens (primary N) is 1. The first-order chi connectivity index (χ1) is 11.6. The van der Waals surface area contributed by atoms with Crippen molar-refractivity contribution in [2.75, 3.05) is 0 Å². The third-order valence-electron chi connectivity index (χ3n) is 4.49. The van der Waals surface area contributed by atoms with Crippen molar-refractivity contribution in [2.24, 2.45) is 5.73 Å². The Labute approximate surface area is 197 Å². The van der Waals surface area contributed by atoms with Crippen LogP contribution in [0.5, 0.6) is 5.75 Å². The summed E-state index contributed by atoms with van der Waals surface area (Å²) in [5.74, 6) is -2.22. The normalized spacial score (nSPS) is 27.0. The molecule has 2 aliphatic heterocycles. The molecule has 0 radical (unpaired) electrons. The predicted octanol–water partition coefficient (Wildman–Crippen LogP) is -3.60. The molecule has 2 aliphatic rings. The summed E-state index contributed by atoms with van der Waals surface area (Å²) < 4.78 is -0.655. The van der Waals surface area contributed by atoms with E-state index in [1.807, 2.05) is 0 Å². The number of nitrogens with one attached hydrogen (secondary N) is 1. The number of thioether (sulfide) groups is 1. The third-order valence-corrected chi connectivity index (χ3v) is 6.07. The Morgan fingerprint density at radius 1 is 1.35 bits per heavy atom. The van der Waals surface area contributed by atoms with Gasteiger partial charge in [-0.2, -0.15) is 0 Å². The van der Waals surface area contributed by atoms with Crippen LogP contribution in [-0.4, -0.2) is 50.0 Å². The van der Waals surface area contributed by atoms with Crippen molar-refractivity contribution >= 4 is 29.5 Å². The molecule has 1 aromatic carbocycles. The summed E-state index contributed by atoms with van der Waals surface area (Å²) in [6, 6.07) is 2.81. The van der Waals surface area contributed by atoms with Crippen LogP contribution in [0.15, 0.2) is 24.3 Å². The average Bonchev–Trinajstić information content (AvgIpc) is 2.80. The molecule has 4 N–H and O–H groups in total. The second-order valence-electron chi connectivity index (χ2n) is 6.63. The molecule has 0 unspecified atom stereocenters. The number of β-lactam (4-membered cyclic amide) rings is 1. The SMILES string of the molecule is CC1(C)S[C@@H]2[C@H](NC(=O)[C@H](N)c3ccc([O-])cc3)C(=O)N2[C@H]1C(=O)O.[K+]. The smallest absolute Gasteiger partial charge is 0.872 e. The van der Waals surface area contributed by atoms with E-state index in [0.717, 1.165) is 0 Å². The van der Waals surface area contributed by atoms with Crippen molar-refractivity contribution in [3.05, 3.63) is 29.8 Å². The quantitative estimate of drug-likeness (QED) is 0.349. The van der Waals surface area contributed by atoms with E-state index in [1.54, 1.807) is 13.8 Å². The van der Waals surface area contributed by atoms with Crippen LogP contribution in [0.4, 0.5) is 0 Å². The van der Waals surface area contributed by atoms with E-state index in [2.05, 4.69) is 5.32 Å². The molecule has 0 bridgehead atoms. The number of fused-ring (bicyclic) bond motifs is 1. The van der Waals surface area contributed by atoms with Crippen LogP contribution >= 0.6 is 11.8 Å². The van der Waals surface area contributed by atoms with Crippen LogP contribution < -0.4 is 67.5 Å². The van der Waals surface area contributed by atoms with E-state index in [1.165, 1.54) is 40.9 Å². The van der Waals surface area contributed by atoms with Gasteiger partial charge in [-0.15, -0.1) is 17.5 Å². The van der Waals surface area contributed by atoms with Gasteiger partial charge in [0.1, 0.15) is 23.5 Å². The standard InChI is InChI=1S/C16H19N3O5S.K/c1-16(2)11(15(23)24)19-13(22)10(14(19)25-16)18-12(21)9(17)7-3-5-8(20)6-4-7;/h3-6,9-11,14,20H,17H2,1-2H3,(H,18,21)(H,23,24);/q;+1/p-1/t9-,10-,11+,14-;/m1./s1. The molecule has 10 heteroatoms. The van der Waals surface area contributed by atoms with Crippen LogP contribution in [0.1, 0.15) is 25.5 Å². The monoisotopic (exact) mass is 403 g/mol. The van der Waals surface area contributed by atoms with Crippen molar-refractivity contribution < 1.29 is 76.0 Å². The Morgan fingerprint density at radius 3 is 2.46 bits per heavy atom. The van der Waals surface area contributed by atoms with Gasteiger partial charge in [0, 0.05) is 4.75 Å². The Balaban J connectivity index is 0.00000243. The molecule has 2 heterocycles. The fourth-order valence-electron chi connectivity index (χ4n) is 3.21. The Bertz CT molecular complexity index is 742. The van der Waals surface area contributed by atoms with Crippen molar-refractivity contribution in [1.29, 1.82) is 0 Å². The second-order valence-corrected chi connectivity index (χ2v) is 8.40. The first kappa shape index (κ1) is 21.7. The van der Waals surface area contributed by atoms with Gasteiger partial charge in [-0.05, 0) is 19.4 Å². The number of rotatable bonds is 4. The average molecular weight is 404 g/mol. The second kappa shape index (κ2) is 7.78. The van der Waals surface area contributed by atoms with Crippen LogP contribution in [0, 0.1) is 0 Å². The Morgan fingerprint density at radius 2 is 1.92 bits per heavy atom. The molecular formula is C16H18KN3O5S. The van der Waals surface area contributed by atoms with Crippen LogP contribution in [0.2, 0.25) is 0 Å². The molecule has 4 atom stereocenters. The number of carbonyl (C=O) groups is 3. The van der Waals surface area contributed by atoms with E-state index in [0.29, 0.717) is 5.56 Å².